The Hall–Kier alpha value is -1.40. The highest BCUT2D eigenvalue weighted by Crippen LogP contribution is 2.24. The molecule has 0 saturated carbocycles. The van der Waals surface area contributed by atoms with Crippen LogP contribution in [0.4, 0.5) is 0 Å². The molecule has 1 amide bonds. The zero-order valence-electron chi connectivity index (χ0n) is 13.8. The highest BCUT2D eigenvalue weighted by molar-refractivity contribution is 5.93. The van der Waals surface area contributed by atoms with Gasteiger partial charge >= 0.3 is 0 Å². The van der Waals surface area contributed by atoms with Crippen LogP contribution < -0.4 is 0 Å². The smallest absolute Gasteiger partial charge is 0.291 e. The Morgan fingerprint density at radius 2 is 2.05 bits per heavy atom. The lowest BCUT2D eigenvalue weighted by Gasteiger charge is -2.49. The van der Waals surface area contributed by atoms with E-state index in [4.69, 9.17) is 4.42 Å². The third-order valence-corrected chi connectivity index (χ3v) is 5.08. The summed E-state index contributed by atoms with van der Waals surface area (Å²) < 4.78 is 5.21. The number of carbonyl (C=O) groups excluding carboxylic acids is 1. The topological polar surface area (TPSA) is 52.8 Å². The van der Waals surface area contributed by atoms with Gasteiger partial charge in [-0.05, 0) is 46.4 Å². The Labute approximate surface area is 132 Å². The number of rotatable bonds is 4. The van der Waals surface area contributed by atoms with Gasteiger partial charge in [0.1, 0.15) is 0 Å². The minimum absolute atomic E-state index is 0.0225. The van der Waals surface area contributed by atoms with Crippen molar-refractivity contribution in [1.29, 1.82) is 0 Å². The molecule has 0 aromatic carbocycles. The Morgan fingerprint density at radius 3 is 2.59 bits per heavy atom. The summed E-state index contributed by atoms with van der Waals surface area (Å²) in [5, 5.41) is 0. The van der Waals surface area contributed by atoms with Gasteiger partial charge < -0.3 is 14.2 Å². The fourth-order valence-electron chi connectivity index (χ4n) is 3.62. The minimum atomic E-state index is -0.0225. The van der Waals surface area contributed by atoms with Gasteiger partial charge in [-0.15, -0.1) is 0 Å². The van der Waals surface area contributed by atoms with E-state index in [2.05, 4.69) is 28.8 Å². The van der Waals surface area contributed by atoms with E-state index in [0.29, 0.717) is 23.5 Å². The molecule has 122 valence electrons. The molecule has 2 aliphatic heterocycles. The summed E-state index contributed by atoms with van der Waals surface area (Å²) in [6, 6.07) is 1.15. The predicted molar refractivity (Wildman–Crippen MR) is 83.8 cm³/mol. The van der Waals surface area contributed by atoms with Crippen LogP contribution in [0.5, 0.6) is 0 Å². The van der Waals surface area contributed by atoms with Gasteiger partial charge in [0.15, 0.2) is 6.39 Å². The van der Waals surface area contributed by atoms with E-state index in [1.54, 1.807) is 0 Å². The Morgan fingerprint density at radius 1 is 1.36 bits per heavy atom. The van der Waals surface area contributed by atoms with Crippen molar-refractivity contribution >= 4 is 5.91 Å². The molecule has 0 unspecified atom stereocenters. The van der Waals surface area contributed by atoms with Crippen molar-refractivity contribution in [2.75, 3.05) is 39.8 Å². The fraction of sp³-hybridized carbons (Fsp3) is 0.750. The number of likely N-dealkylation sites (N-methyl/N-ethyl adjacent to an activating group) is 1. The highest BCUT2D eigenvalue weighted by atomic mass is 16.3. The van der Waals surface area contributed by atoms with Crippen LogP contribution in [0.1, 0.15) is 36.0 Å². The zero-order valence-corrected chi connectivity index (χ0v) is 13.8. The summed E-state index contributed by atoms with van der Waals surface area (Å²) in [7, 11) is 2.19. The molecule has 0 bridgehead atoms. The SMILES string of the molecule is CCN(C1CCN(C)CC1)C1CN(C(=O)c2ocnc2C)C1. The van der Waals surface area contributed by atoms with E-state index in [9.17, 15) is 4.79 Å². The molecular weight excluding hydrogens is 280 g/mol. The highest BCUT2D eigenvalue weighted by Gasteiger charge is 2.39. The first kappa shape index (κ1) is 15.5. The number of likely N-dealkylation sites (tertiary alicyclic amines) is 2. The van der Waals surface area contributed by atoms with Crippen molar-refractivity contribution in [3.05, 3.63) is 17.8 Å². The third kappa shape index (κ3) is 2.90. The van der Waals surface area contributed by atoms with Crippen LogP contribution in [0.15, 0.2) is 10.8 Å². The summed E-state index contributed by atoms with van der Waals surface area (Å²) in [6.45, 7) is 9.05. The van der Waals surface area contributed by atoms with E-state index < -0.39 is 0 Å². The Balaban J connectivity index is 1.55. The molecular formula is C16H26N4O2. The van der Waals surface area contributed by atoms with Gasteiger partial charge in [0.25, 0.3) is 5.91 Å². The first-order valence-electron chi connectivity index (χ1n) is 8.23. The first-order valence-corrected chi connectivity index (χ1v) is 8.23. The third-order valence-electron chi connectivity index (χ3n) is 5.08. The van der Waals surface area contributed by atoms with Gasteiger partial charge in [-0.2, -0.15) is 0 Å². The summed E-state index contributed by atoms with van der Waals surface area (Å²) in [5.74, 6) is 0.367. The van der Waals surface area contributed by atoms with Crippen molar-refractivity contribution in [3.8, 4) is 0 Å². The molecule has 1 aromatic heterocycles. The van der Waals surface area contributed by atoms with Gasteiger partial charge in [-0.3, -0.25) is 9.69 Å². The molecule has 2 aliphatic rings. The van der Waals surface area contributed by atoms with E-state index in [0.717, 1.165) is 19.6 Å². The number of aryl methyl sites for hydroxylation is 1. The average molecular weight is 306 g/mol. The number of aromatic nitrogens is 1. The van der Waals surface area contributed by atoms with Crippen LogP contribution in [0.3, 0.4) is 0 Å². The molecule has 0 atom stereocenters. The predicted octanol–water partition coefficient (Wildman–Crippen LogP) is 1.22. The number of hydrogen-bond donors (Lipinski definition) is 0. The molecule has 2 saturated heterocycles. The number of nitrogens with zero attached hydrogens (tertiary/aromatic N) is 4. The van der Waals surface area contributed by atoms with E-state index >= 15 is 0 Å². The van der Waals surface area contributed by atoms with E-state index in [1.165, 1.54) is 32.3 Å². The van der Waals surface area contributed by atoms with Crippen LogP contribution >= 0.6 is 0 Å². The van der Waals surface area contributed by atoms with Gasteiger partial charge in [0.05, 0.1) is 5.69 Å². The molecule has 0 aliphatic carbocycles. The zero-order chi connectivity index (χ0) is 15.7. The van der Waals surface area contributed by atoms with Crippen LogP contribution in [0.2, 0.25) is 0 Å². The maximum absolute atomic E-state index is 12.4. The molecule has 6 heteroatoms. The Kier molecular flexibility index (Phi) is 4.49. The number of piperidine rings is 1. The quantitative estimate of drug-likeness (QED) is 0.837. The largest absolute Gasteiger partial charge is 0.438 e. The second-order valence-corrected chi connectivity index (χ2v) is 6.50. The van der Waals surface area contributed by atoms with Gasteiger partial charge in [-0.1, -0.05) is 6.92 Å². The summed E-state index contributed by atoms with van der Waals surface area (Å²) in [6.07, 6.45) is 3.81. The molecule has 1 aromatic rings. The van der Waals surface area contributed by atoms with Crippen molar-refractivity contribution in [2.24, 2.45) is 0 Å². The summed E-state index contributed by atoms with van der Waals surface area (Å²) in [5.41, 5.74) is 0.677. The monoisotopic (exact) mass is 306 g/mol. The molecule has 6 nitrogen and oxygen atoms in total. The molecule has 3 rings (SSSR count). The number of carbonyl (C=O) groups is 1. The molecule has 0 radical (unpaired) electrons. The molecule has 0 N–H and O–H groups in total. The van der Waals surface area contributed by atoms with Crippen molar-refractivity contribution in [3.63, 3.8) is 0 Å². The lowest BCUT2D eigenvalue weighted by atomic mass is 9.98. The van der Waals surface area contributed by atoms with Crippen LogP contribution in [0.25, 0.3) is 0 Å². The standard InChI is InChI=1S/C16H26N4O2/c1-4-20(13-5-7-18(3)8-6-13)14-9-19(10-14)16(21)15-12(2)17-11-22-15/h11,13-14H,4-10H2,1-3H3. The normalized spacial score (nSPS) is 21.4. The van der Waals surface area contributed by atoms with Crippen molar-refractivity contribution < 1.29 is 9.21 Å². The summed E-state index contributed by atoms with van der Waals surface area (Å²) >= 11 is 0. The number of amides is 1. The summed E-state index contributed by atoms with van der Waals surface area (Å²) in [4.78, 5) is 23.2. The van der Waals surface area contributed by atoms with Crippen LogP contribution in [-0.2, 0) is 0 Å². The average Bonchev–Trinajstić information content (AvgIpc) is 2.89. The second-order valence-electron chi connectivity index (χ2n) is 6.50. The van der Waals surface area contributed by atoms with Gasteiger partial charge in [0.2, 0.25) is 5.76 Å². The van der Waals surface area contributed by atoms with E-state index in [-0.39, 0.29) is 5.91 Å². The van der Waals surface area contributed by atoms with Crippen LogP contribution in [-0.4, -0.2) is 77.4 Å². The lowest BCUT2D eigenvalue weighted by Crippen LogP contribution is -2.63. The molecule has 0 spiro atoms. The van der Waals surface area contributed by atoms with Gasteiger partial charge in [0, 0.05) is 25.2 Å². The van der Waals surface area contributed by atoms with Crippen molar-refractivity contribution in [2.45, 2.75) is 38.8 Å². The first-order chi connectivity index (χ1) is 10.6. The maximum Gasteiger partial charge on any atom is 0.291 e. The van der Waals surface area contributed by atoms with Gasteiger partial charge in [-0.25, -0.2) is 4.98 Å². The van der Waals surface area contributed by atoms with Crippen molar-refractivity contribution in [1.82, 2.24) is 19.7 Å². The fourth-order valence-corrected chi connectivity index (χ4v) is 3.62. The number of hydrogen-bond acceptors (Lipinski definition) is 5. The Bertz CT molecular complexity index is 516. The molecule has 3 heterocycles. The molecule has 22 heavy (non-hydrogen) atoms. The second kappa shape index (κ2) is 6.38. The minimum Gasteiger partial charge on any atom is -0.438 e. The number of oxazole rings is 1. The lowest BCUT2D eigenvalue weighted by molar-refractivity contribution is -0.00151. The maximum atomic E-state index is 12.4. The van der Waals surface area contributed by atoms with E-state index in [1.807, 2.05) is 11.8 Å². The van der Waals surface area contributed by atoms with Crippen LogP contribution in [0, 0.1) is 6.92 Å². The molecule has 2 fully saturated rings.